The second-order valence-electron chi connectivity index (χ2n) is 6.26. The quantitative estimate of drug-likeness (QED) is 0.764. The van der Waals surface area contributed by atoms with Gasteiger partial charge in [0.05, 0.1) is 33.5 Å². The molecule has 1 aromatic carbocycles. The van der Waals surface area contributed by atoms with Gasteiger partial charge in [0.15, 0.2) is 11.5 Å². The number of anilines is 2. The topological polar surface area (TPSA) is 72.5 Å². The Morgan fingerprint density at radius 3 is 2.63 bits per heavy atom. The number of fused-ring (bicyclic) bond motifs is 1. The van der Waals surface area contributed by atoms with Crippen LogP contribution in [-0.2, 0) is 0 Å². The van der Waals surface area contributed by atoms with E-state index in [-0.39, 0.29) is 38.5 Å². The van der Waals surface area contributed by atoms with Crippen molar-refractivity contribution in [2.45, 2.75) is 25.1 Å². The molecule has 142 valence electrons. The number of hydrogen-bond donors (Lipinski definition) is 2. The van der Waals surface area contributed by atoms with E-state index in [2.05, 4.69) is 20.4 Å². The predicted molar refractivity (Wildman–Crippen MR) is 96.4 cm³/mol. The highest BCUT2D eigenvalue weighted by Crippen LogP contribution is 2.51. The molecule has 4 rings (SSSR count). The number of nitrogens with one attached hydrogen (secondary N) is 2. The smallest absolute Gasteiger partial charge is 0.387 e. The molecule has 1 saturated carbocycles. The van der Waals surface area contributed by atoms with Crippen LogP contribution in [0.1, 0.15) is 23.2 Å². The first kappa shape index (κ1) is 18.1. The lowest BCUT2D eigenvalue weighted by Crippen LogP contribution is -2.34. The molecule has 2 aliphatic rings. The summed E-state index contributed by atoms with van der Waals surface area (Å²) >= 11 is 12.1. The lowest BCUT2D eigenvalue weighted by molar-refractivity contribution is -0.0523. The van der Waals surface area contributed by atoms with Gasteiger partial charge in [-0.05, 0) is 25.0 Å². The Hall–Kier alpha value is -2.32. The SMILES string of the molecule is O=C(Nc1c(Cl)cncc1Cl)c1ccc(OC(F)F)c2c1NCC1(CC1)O2. The summed E-state index contributed by atoms with van der Waals surface area (Å²) in [6, 6.07) is 2.65. The number of hydrogen-bond acceptors (Lipinski definition) is 5. The predicted octanol–water partition coefficient (Wildman–Crippen LogP) is 4.58. The zero-order valence-corrected chi connectivity index (χ0v) is 15.2. The lowest BCUT2D eigenvalue weighted by Gasteiger charge is -2.30. The van der Waals surface area contributed by atoms with Crippen LogP contribution in [0.15, 0.2) is 24.5 Å². The largest absolute Gasteiger partial charge is 0.479 e. The number of carbonyl (C=O) groups excluding carboxylic acids is 1. The van der Waals surface area contributed by atoms with E-state index < -0.39 is 18.1 Å². The maximum absolute atomic E-state index is 12.8. The molecule has 2 heterocycles. The fourth-order valence-corrected chi connectivity index (χ4v) is 3.31. The highest BCUT2D eigenvalue weighted by atomic mass is 35.5. The van der Waals surface area contributed by atoms with Crippen molar-refractivity contribution in [2.75, 3.05) is 17.2 Å². The Bertz CT molecular complexity index is 902. The van der Waals surface area contributed by atoms with Crippen LogP contribution in [0.3, 0.4) is 0 Å². The number of ether oxygens (including phenoxy) is 2. The summed E-state index contributed by atoms with van der Waals surface area (Å²) in [5, 5.41) is 6.06. The second-order valence-corrected chi connectivity index (χ2v) is 7.08. The number of nitrogens with zero attached hydrogens (tertiary/aromatic N) is 1. The van der Waals surface area contributed by atoms with E-state index in [0.29, 0.717) is 6.54 Å². The molecule has 27 heavy (non-hydrogen) atoms. The van der Waals surface area contributed by atoms with Crippen molar-refractivity contribution < 1.29 is 23.0 Å². The van der Waals surface area contributed by atoms with Crippen LogP contribution >= 0.6 is 23.2 Å². The first-order valence-corrected chi connectivity index (χ1v) is 8.79. The Labute approximate surface area is 162 Å². The van der Waals surface area contributed by atoms with Gasteiger partial charge in [0, 0.05) is 12.4 Å². The fourth-order valence-electron chi connectivity index (χ4n) is 2.85. The number of rotatable bonds is 4. The van der Waals surface area contributed by atoms with Crippen molar-refractivity contribution >= 4 is 40.5 Å². The number of amides is 1. The van der Waals surface area contributed by atoms with Crippen molar-refractivity contribution in [3.63, 3.8) is 0 Å². The molecule has 1 aliphatic carbocycles. The summed E-state index contributed by atoms with van der Waals surface area (Å²) in [6.07, 6.45) is 4.28. The fraction of sp³-hybridized carbons (Fsp3) is 0.294. The van der Waals surface area contributed by atoms with Crippen LogP contribution < -0.4 is 20.1 Å². The van der Waals surface area contributed by atoms with Crippen LogP contribution in [0.4, 0.5) is 20.2 Å². The van der Waals surface area contributed by atoms with Gasteiger partial charge in [0.1, 0.15) is 5.60 Å². The summed E-state index contributed by atoms with van der Waals surface area (Å²) in [7, 11) is 0. The molecule has 0 saturated heterocycles. The zero-order chi connectivity index (χ0) is 19.2. The maximum atomic E-state index is 12.8. The highest BCUT2D eigenvalue weighted by molar-refractivity contribution is 6.39. The Morgan fingerprint density at radius 1 is 1.30 bits per heavy atom. The van der Waals surface area contributed by atoms with Gasteiger partial charge in [-0.25, -0.2) is 0 Å². The number of pyridine rings is 1. The van der Waals surface area contributed by atoms with E-state index in [0.717, 1.165) is 12.8 Å². The molecule has 2 N–H and O–H groups in total. The molecule has 6 nitrogen and oxygen atoms in total. The van der Waals surface area contributed by atoms with E-state index in [1.54, 1.807) is 0 Å². The van der Waals surface area contributed by atoms with Crippen LogP contribution in [-0.4, -0.2) is 29.6 Å². The maximum Gasteiger partial charge on any atom is 0.387 e. The average Bonchev–Trinajstić information content (AvgIpc) is 3.37. The van der Waals surface area contributed by atoms with Crippen molar-refractivity contribution in [1.82, 2.24) is 4.98 Å². The third kappa shape index (κ3) is 3.46. The van der Waals surface area contributed by atoms with E-state index >= 15 is 0 Å². The Balaban J connectivity index is 1.70. The molecule has 1 aliphatic heterocycles. The normalized spacial score (nSPS) is 16.3. The minimum Gasteiger partial charge on any atom is -0.479 e. The number of halogens is 4. The number of carbonyl (C=O) groups is 1. The Morgan fingerprint density at radius 2 is 2.00 bits per heavy atom. The molecule has 2 aromatic rings. The van der Waals surface area contributed by atoms with E-state index in [1.807, 2.05) is 0 Å². The first-order chi connectivity index (χ1) is 12.9. The second kappa shape index (κ2) is 6.69. The van der Waals surface area contributed by atoms with Gasteiger partial charge < -0.3 is 20.1 Å². The van der Waals surface area contributed by atoms with Crippen molar-refractivity contribution in [2.24, 2.45) is 0 Å². The lowest BCUT2D eigenvalue weighted by atomic mass is 10.1. The van der Waals surface area contributed by atoms with Gasteiger partial charge in [-0.2, -0.15) is 8.78 Å². The van der Waals surface area contributed by atoms with Crippen LogP contribution in [0.5, 0.6) is 11.5 Å². The minimum atomic E-state index is -3.01. The summed E-state index contributed by atoms with van der Waals surface area (Å²) in [5.41, 5.74) is 0.242. The molecule has 1 aromatic heterocycles. The molecule has 0 radical (unpaired) electrons. The molecule has 0 atom stereocenters. The van der Waals surface area contributed by atoms with E-state index in [9.17, 15) is 13.6 Å². The molecule has 1 fully saturated rings. The molecular formula is C17H13Cl2F2N3O3. The molecule has 0 bridgehead atoms. The van der Waals surface area contributed by atoms with Crippen molar-refractivity contribution in [3.05, 3.63) is 40.1 Å². The molecular weight excluding hydrogens is 403 g/mol. The van der Waals surface area contributed by atoms with Crippen molar-refractivity contribution in [3.8, 4) is 11.5 Å². The molecule has 1 amide bonds. The standard InChI is InChI=1S/C17H13Cl2F2N3O3/c18-9-5-22-6-10(19)13(9)24-15(25)8-1-2-11(26-16(20)21)14-12(8)23-7-17(27-14)3-4-17/h1-2,5-6,16,23H,3-4,7H2,(H,22,24,25). The third-order valence-electron chi connectivity index (χ3n) is 4.39. The van der Waals surface area contributed by atoms with Crippen LogP contribution in [0, 0.1) is 0 Å². The van der Waals surface area contributed by atoms with Crippen molar-refractivity contribution in [1.29, 1.82) is 0 Å². The van der Waals surface area contributed by atoms with Gasteiger partial charge in [0.25, 0.3) is 5.91 Å². The number of aromatic nitrogens is 1. The summed E-state index contributed by atoms with van der Waals surface area (Å²) < 4.78 is 35.9. The van der Waals surface area contributed by atoms with E-state index in [1.165, 1.54) is 24.5 Å². The number of benzene rings is 1. The molecule has 0 unspecified atom stereocenters. The van der Waals surface area contributed by atoms with Crippen LogP contribution in [0.25, 0.3) is 0 Å². The van der Waals surface area contributed by atoms with Gasteiger partial charge in [0.2, 0.25) is 0 Å². The Kier molecular flexibility index (Phi) is 4.47. The van der Waals surface area contributed by atoms with Gasteiger partial charge in [-0.1, -0.05) is 23.2 Å². The molecule has 10 heteroatoms. The van der Waals surface area contributed by atoms with Crippen LogP contribution in [0.2, 0.25) is 10.0 Å². The van der Waals surface area contributed by atoms with E-state index in [4.69, 9.17) is 27.9 Å². The van der Waals surface area contributed by atoms with Gasteiger partial charge in [-0.15, -0.1) is 0 Å². The summed E-state index contributed by atoms with van der Waals surface area (Å²) in [4.78, 5) is 16.6. The van der Waals surface area contributed by atoms with Gasteiger partial charge >= 0.3 is 6.61 Å². The minimum absolute atomic E-state index is 0.0959. The third-order valence-corrected chi connectivity index (χ3v) is 4.96. The highest BCUT2D eigenvalue weighted by Gasteiger charge is 2.49. The summed E-state index contributed by atoms with van der Waals surface area (Å²) in [6.45, 7) is -2.54. The summed E-state index contributed by atoms with van der Waals surface area (Å²) in [5.74, 6) is -0.568. The molecule has 1 spiro atoms. The van der Waals surface area contributed by atoms with Gasteiger partial charge in [-0.3, -0.25) is 9.78 Å². The first-order valence-electron chi connectivity index (χ1n) is 8.04. The monoisotopic (exact) mass is 415 g/mol. The average molecular weight is 416 g/mol. The number of alkyl halides is 2. The zero-order valence-electron chi connectivity index (χ0n) is 13.7.